The van der Waals surface area contributed by atoms with E-state index < -0.39 is 0 Å². The van der Waals surface area contributed by atoms with E-state index >= 15 is 0 Å². The predicted octanol–water partition coefficient (Wildman–Crippen LogP) is 3.90. The lowest BCUT2D eigenvalue weighted by atomic mass is 9.99. The molecule has 1 aliphatic heterocycles. The Morgan fingerprint density at radius 3 is 1.82 bits per heavy atom. The summed E-state index contributed by atoms with van der Waals surface area (Å²) in [6, 6.07) is 16.3. The average Bonchev–Trinajstić information content (AvgIpc) is 3.05. The monoisotopic (exact) mass is 299 g/mol. The van der Waals surface area contributed by atoms with Crippen molar-refractivity contribution in [2.75, 3.05) is 26.1 Å². The van der Waals surface area contributed by atoms with Gasteiger partial charge in [0.1, 0.15) is 18.0 Å². The van der Waals surface area contributed by atoms with Gasteiger partial charge in [0, 0.05) is 26.2 Å². The van der Waals surface area contributed by atoms with Gasteiger partial charge < -0.3 is 9.64 Å². The molecule has 0 aliphatic carbocycles. The molecule has 1 fully saturated rings. The quantitative estimate of drug-likeness (QED) is 0.801. The molecule has 0 saturated carbocycles. The van der Waals surface area contributed by atoms with Crippen LogP contribution >= 0.6 is 0 Å². The molecule has 2 unspecified atom stereocenters. The van der Waals surface area contributed by atoms with Crippen LogP contribution < -0.4 is 9.64 Å². The van der Waals surface area contributed by atoms with Gasteiger partial charge >= 0.3 is 0 Å². The maximum Gasteiger partial charge on any atom is 0.121 e. The minimum absolute atomic E-state index is 0.0247. The molecule has 0 aromatic heterocycles. The summed E-state index contributed by atoms with van der Waals surface area (Å²) in [5.41, 5.74) is 3.42. The largest absolute Gasteiger partial charge is 0.497 e. The first-order valence-electron chi connectivity index (χ1n) is 7.41. The second-order valence-electron chi connectivity index (χ2n) is 5.66. The van der Waals surface area contributed by atoms with Crippen LogP contribution in [0.1, 0.15) is 29.8 Å². The third-order valence-corrected chi connectivity index (χ3v) is 3.98. The van der Waals surface area contributed by atoms with E-state index in [1.165, 1.54) is 5.69 Å². The highest BCUT2D eigenvalue weighted by molar-refractivity contribution is 5.46. The zero-order valence-electron chi connectivity index (χ0n) is 13.2. The van der Waals surface area contributed by atoms with Crippen LogP contribution in [0.25, 0.3) is 0 Å². The molecular formula is C18H21NO3. The second-order valence-corrected chi connectivity index (χ2v) is 5.66. The Kier molecular flexibility index (Phi) is 4.32. The van der Waals surface area contributed by atoms with Crippen LogP contribution in [0, 0.1) is 0 Å². The van der Waals surface area contributed by atoms with E-state index in [2.05, 4.69) is 29.2 Å². The Bertz CT molecular complexity index is 607. The molecule has 4 heteroatoms. The molecule has 0 amide bonds. The molecule has 0 radical (unpaired) electrons. The molecule has 0 bridgehead atoms. The molecule has 0 N–H and O–H groups in total. The number of hydrogen-bond donors (Lipinski definition) is 0. The van der Waals surface area contributed by atoms with Gasteiger partial charge in [-0.1, -0.05) is 24.3 Å². The maximum atomic E-state index is 5.52. The molecule has 2 atom stereocenters. The molecule has 22 heavy (non-hydrogen) atoms. The third kappa shape index (κ3) is 3.08. The van der Waals surface area contributed by atoms with Crippen molar-refractivity contribution in [2.24, 2.45) is 0 Å². The lowest BCUT2D eigenvalue weighted by Crippen LogP contribution is -2.08. The second kappa shape index (κ2) is 6.38. The summed E-state index contributed by atoms with van der Waals surface area (Å²) in [5.74, 6) is 0.846. The number of nitrogens with zero attached hydrogens (tertiary/aromatic N) is 1. The summed E-state index contributed by atoms with van der Waals surface area (Å²) >= 11 is 0. The van der Waals surface area contributed by atoms with E-state index in [4.69, 9.17) is 14.5 Å². The summed E-state index contributed by atoms with van der Waals surface area (Å²) in [7, 11) is 5.73. The van der Waals surface area contributed by atoms with Gasteiger partial charge in [0.25, 0.3) is 0 Å². The number of anilines is 1. The van der Waals surface area contributed by atoms with Gasteiger partial charge in [0.05, 0.1) is 7.11 Å². The lowest BCUT2D eigenvalue weighted by molar-refractivity contribution is -0.300. The van der Waals surface area contributed by atoms with E-state index in [0.29, 0.717) is 0 Å². The summed E-state index contributed by atoms with van der Waals surface area (Å²) in [5, 5.41) is 0. The van der Waals surface area contributed by atoms with Gasteiger partial charge in [-0.25, -0.2) is 9.78 Å². The summed E-state index contributed by atoms with van der Waals surface area (Å²) in [6.07, 6.45) is 0.751. The van der Waals surface area contributed by atoms with Gasteiger partial charge in [-0.3, -0.25) is 0 Å². The van der Waals surface area contributed by atoms with E-state index in [0.717, 1.165) is 23.3 Å². The fourth-order valence-electron chi connectivity index (χ4n) is 2.60. The maximum absolute atomic E-state index is 5.52. The Hall–Kier alpha value is -2.04. The molecule has 3 rings (SSSR count). The summed E-state index contributed by atoms with van der Waals surface area (Å²) in [4.78, 5) is 13.1. The minimum Gasteiger partial charge on any atom is -0.497 e. The zero-order valence-corrected chi connectivity index (χ0v) is 13.2. The van der Waals surface area contributed by atoms with Crippen LogP contribution in [-0.4, -0.2) is 21.2 Å². The smallest absolute Gasteiger partial charge is 0.121 e. The number of benzene rings is 2. The van der Waals surface area contributed by atoms with Gasteiger partial charge in [-0.05, 0) is 35.4 Å². The predicted molar refractivity (Wildman–Crippen MR) is 86.0 cm³/mol. The Morgan fingerprint density at radius 1 is 0.864 bits per heavy atom. The van der Waals surface area contributed by atoms with Crippen molar-refractivity contribution in [3.8, 4) is 5.75 Å². The van der Waals surface area contributed by atoms with Gasteiger partial charge in [0.15, 0.2) is 0 Å². The minimum atomic E-state index is -0.0376. The highest BCUT2D eigenvalue weighted by Crippen LogP contribution is 2.39. The number of methoxy groups -OCH3 is 1. The van der Waals surface area contributed by atoms with Crippen molar-refractivity contribution in [2.45, 2.75) is 18.6 Å². The number of ether oxygens (including phenoxy) is 1. The van der Waals surface area contributed by atoms with E-state index in [1.54, 1.807) is 7.11 Å². The van der Waals surface area contributed by atoms with Crippen molar-refractivity contribution in [1.29, 1.82) is 0 Å². The lowest BCUT2D eigenvalue weighted by Gasteiger charge is -2.14. The van der Waals surface area contributed by atoms with Crippen LogP contribution in [0.15, 0.2) is 48.5 Å². The Morgan fingerprint density at radius 2 is 1.36 bits per heavy atom. The first-order chi connectivity index (χ1) is 10.7. The van der Waals surface area contributed by atoms with Crippen molar-refractivity contribution in [1.82, 2.24) is 0 Å². The molecule has 116 valence electrons. The molecular weight excluding hydrogens is 278 g/mol. The molecule has 0 spiro atoms. The number of hydrogen-bond acceptors (Lipinski definition) is 4. The third-order valence-electron chi connectivity index (χ3n) is 3.98. The molecule has 2 aromatic carbocycles. The van der Waals surface area contributed by atoms with Crippen molar-refractivity contribution < 1.29 is 14.5 Å². The van der Waals surface area contributed by atoms with E-state index in [-0.39, 0.29) is 12.2 Å². The fourth-order valence-corrected chi connectivity index (χ4v) is 2.60. The van der Waals surface area contributed by atoms with Crippen LogP contribution in [0.2, 0.25) is 0 Å². The van der Waals surface area contributed by atoms with Gasteiger partial charge in [-0.2, -0.15) is 0 Å². The molecule has 4 nitrogen and oxygen atoms in total. The molecule has 1 aliphatic rings. The van der Waals surface area contributed by atoms with Crippen molar-refractivity contribution in [3.63, 3.8) is 0 Å². The first-order valence-corrected chi connectivity index (χ1v) is 7.41. The fraction of sp³-hybridized carbons (Fsp3) is 0.333. The summed E-state index contributed by atoms with van der Waals surface area (Å²) in [6.45, 7) is 0. The van der Waals surface area contributed by atoms with Gasteiger partial charge in [0.2, 0.25) is 0 Å². The molecule has 2 aromatic rings. The standard InChI is InChI=1S/C18H21NO3/c1-19(2)15-8-4-13(5-9-15)17-12-18(22-21-17)14-6-10-16(20-3)11-7-14/h4-11,17-18H,12H2,1-3H3. The van der Waals surface area contributed by atoms with E-state index in [1.807, 2.05) is 38.4 Å². The summed E-state index contributed by atoms with van der Waals surface area (Å²) < 4.78 is 5.18. The Balaban J connectivity index is 1.68. The van der Waals surface area contributed by atoms with Crippen LogP contribution in [0.5, 0.6) is 5.75 Å². The van der Waals surface area contributed by atoms with Crippen molar-refractivity contribution in [3.05, 3.63) is 59.7 Å². The Labute approximate surface area is 131 Å². The first kappa shape index (κ1) is 14.9. The SMILES string of the molecule is COc1ccc(C2CC(c3ccc(N(C)C)cc3)OO2)cc1. The van der Waals surface area contributed by atoms with E-state index in [9.17, 15) is 0 Å². The topological polar surface area (TPSA) is 30.9 Å². The molecule has 1 saturated heterocycles. The van der Waals surface area contributed by atoms with Crippen LogP contribution in [0.3, 0.4) is 0 Å². The highest BCUT2D eigenvalue weighted by atomic mass is 17.2. The number of rotatable bonds is 4. The normalized spacial score (nSPS) is 20.9. The average molecular weight is 299 g/mol. The van der Waals surface area contributed by atoms with Crippen molar-refractivity contribution >= 4 is 5.69 Å². The van der Waals surface area contributed by atoms with Crippen LogP contribution in [0.4, 0.5) is 5.69 Å². The molecule has 1 heterocycles. The highest BCUT2D eigenvalue weighted by Gasteiger charge is 2.29. The zero-order chi connectivity index (χ0) is 15.5. The van der Waals surface area contributed by atoms with Gasteiger partial charge in [-0.15, -0.1) is 0 Å². The van der Waals surface area contributed by atoms with Crippen LogP contribution in [-0.2, 0) is 9.78 Å².